The summed E-state index contributed by atoms with van der Waals surface area (Å²) in [5.41, 5.74) is 4.19. The smallest absolute Gasteiger partial charge is 0.321 e. The minimum atomic E-state index is -0.136. The molecule has 2 amide bonds. The number of nitriles is 1. The number of hydrogen-bond acceptors (Lipinski definition) is 4. The minimum Gasteiger partial charge on any atom is -0.497 e. The molecule has 0 saturated carbocycles. The van der Waals surface area contributed by atoms with Crippen molar-refractivity contribution in [2.24, 2.45) is 0 Å². The Balaban J connectivity index is 1.41. The first kappa shape index (κ1) is 21.5. The molecular formula is C27H25N5O2. The number of hydrogen-bond donors (Lipinski definition) is 1. The van der Waals surface area contributed by atoms with Crippen molar-refractivity contribution in [1.29, 1.82) is 5.26 Å². The molecule has 1 N–H and O–H groups in total. The van der Waals surface area contributed by atoms with E-state index in [-0.39, 0.29) is 11.9 Å². The van der Waals surface area contributed by atoms with Crippen LogP contribution >= 0.6 is 0 Å². The third-order valence-electron chi connectivity index (χ3n) is 6.26. The van der Waals surface area contributed by atoms with Gasteiger partial charge in [0, 0.05) is 36.5 Å². The molecule has 0 spiro atoms. The lowest BCUT2D eigenvalue weighted by Crippen LogP contribution is -2.42. The number of pyridine rings is 1. The Hall–Kier alpha value is -4.31. The van der Waals surface area contributed by atoms with E-state index in [0.29, 0.717) is 24.3 Å². The molecule has 2 aromatic carbocycles. The largest absolute Gasteiger partial charge is 0.497 e. The number of rotatable bonds is 4. The summed E-state index contributed by atoms with van der Waals surface area (Å²) in [6.45, 7) is 1.29. The maximum atomic E-state index is 13.0. The lowest BCUT2D eigenvalue weighted by molar-refractivity contribution is 0.191. The zero-order valence-corrected chi connectivity index (χ0v) is 18.9. The quantitative estimate of drug-likeness (QED) is 0.457. The molecule has 1 aliphatic heterocycles. The first-order valence-electron chi connectivity index (χ1n) is 11.3. The standard InChI is InChI=1S/C27H25N5O2/c1-34-23-8-4-6-20(16-23)25-24-9-2-3-15-32(24)26(30-25)21-7-5-14-31(18-21)27(33)29-22-12-10-19(17-28)11-13-22/h2-4,6,8-13,15-16,21H,5,7,14,18H2,1H3,(H,29,33). The van der Waals surface area contributed by atoms with E-state index < -0.39 is 0 Å². The van der Waals surface area contributed by atoms with Crippen molar-refractivity contribution in [1.82, 2.24) is 14.3 Å². The Morgan fingerprint density at radius 3 is 2.79 bits per heavy atom. The summed E-state index contributed by atoms with van der Waals surface area (Å²) in [6, 6.07) is 22.9. The van der Waals surface area contributed by atoms with Gasteiger partial charge in [0.25, 0.3) is 0 Å². The topological polar surface area (TPSA) is 82.7 Å². The number of carbonyl (C=O) groups is 1. The van der Waals surface area contributed by atoms with Gasteiger partial charge in [0.2, 0.25) is 0 Å². The molecule has 7 heteroatoms. The summed E-state index contributed by atoms with van der Waals surface area (Å²) >= 11 is 0. The maximum absolute atomic E-state index is 13.0. The fourth-order valence-electron chi connectivity index (χ4n) is 4.54. The van der Waals surface area contributed by atoms with Crippen molar-refractivity contribution >= 4 is 17.2 Å². The number of nitrogens with zero attached hydrogens (tertiary/aromatic N) is 4. The molecule has 1 fully saturated rings. The predicted octanol–water partition coefficient (Wildman–Crippen LogP) is 5.29. The van der Waals surface area contributed by atoms with E-state index in [1.165, 1.54) is 0 Å². The number of amides is 2. The zero-order chi connectivity index (χ0) is 23.5. The highest BCUT2D eigenvalue weighted by atomic mass is 16.5. The second-order valence-corrected chi connectivity index (χ2v) is 8.41. The molecule has 170 valence electrons. The van der Waals surface area contributed by atoms with Gasteiger partial charge in [0.1, 0.15) is 11.6 Å². The Labute approximate surface area is 198 Å². The van der Waals surface area contributed by atoms with E-state index in [1.54, 1.807) is 31.4 Å². The summed E-state index contributed by atoms with van der Waals surface area (Å²) in [5.74, 6) is 1.87. The van der Waals surface area contributed by atoms with Gasteiger partial charge in [-0.1, -0.05) is 18.2 Å². The number of fused-ring (bicyclic) bond motifs is 1. The molecule has 5 rings (SSSR count). The van der Waals surface area contributed by atoms with Crippen LogP contribution in [-0.2, 0) is 0 Å². The molecule has 1 unspecified atom stereocenters. The van der Waals surface area contributed by atoms with E-state index in [1.807, 2.05) is 47.5 Å². The van der Waals surface area contributed by atoms with Crippen molar-refractivity contribution in [3.63, 3.8) is 0 Å². The Morgan fingerprint density at radius 2 is 2.00 bits per heavy atom. The number of imidazole rings is 1. The highest BCUT2D eigenvalue weighted by Crippen LogP contribution is 2.33. The van der Waals surface area contributed by atoms with Crippen LogP contribution < -0.4 is 10.1 Å². The number of nitrogens with one attached hydrogen (secondary N) is 1. The van der Waals surface area contributed by atoms with Crippen molar-refractivity contribution in [3.05, 3.63) is 84.3 Å². The summed E-state index contributed by atoms with van der Waals surface area (Å²) in [6.07, 6.45) is 3.91. The van der Waals surface area contributed by atoms with Gasteiger partial charge in [-0.25, -0.2) is 9.78 Å². The Morgan fingerprint density at radius 1 is 1.15 bits per heavy atom. The molecule has 2 aromatic heterocycles. The molecule has 4 aromatic rings. The number of aromatic nitrogens is 2. The van der Waals surface area contributed by atoms with Gasteiger partial charge < -0.3 is 19.4 Å². The maximum Gasteiger partial charge on any atom is 0.321 e. The second-order valence-electron chi connectivity index (χ2n) is 8.41. The number of benzene rings is 2. The van der Waals surface area contributed by atoms with Crippen molar-refractivity contribution in [2.75, 3.05) is 25.5 Å². The van der Waals surface area contributed by atoms with Gasteiger partial charge >= 0.3 is 6.03 Å². The van der Waals surface area contributed by atoms with Crippen LogP contribution in [0.15, 0.2) is 72.9 Å². The molecule has 0 bridgehead atoms. The van der Waals surface area contributed by atoms with Gasteiger partial charge in [0.15, 0.2) is 0 Å². The normalized spacial score (nSPS) is 15.6. The summed E-state index contributed by atoms with van der Waals surface area (Å²) < 4.78 is 7.55. The second kappa shape index (κ2) is 9.28. The number of methoxy groups -OCH3 is 1. The number of likely N-dealkylation sites (tertiary alicyclic amines) is 1. The van der Waals surface area contributed by atoms with Crippen molar-refractivity contribution in [3.8, 4) is 23.1 Å². The monoisotopic (exact) mass is 451 g/mol. The molecule has 3 heterocycles. The van der Waals surface area contributed by atoms with Crippen LogP contribution in [0.25, 0.3) is 16.8 Å². The fourth-order valence-corrected chi connectivity index (χ4v) is 4.54. The van der Waals surface area contributed by atoms with Crippen molar-refractivity contribution < 1.29 is 9.53 Å². The van der Waals surface area contributed by atoms with Gasteiger partial charge in [-0.05, 0) is 61.4 Å². The van der Waals surface area contributed by atoms with Crippen LogP contribution in [0.4, 0.5) is 10.5 Å². The number of piperidine rings is 1. The highest BCUT2D eigenvalue weighted by Gasteiger charge is 2.28. The van der Waals surface area contributed by atoms with Crippen LogP contribution in [0, 0.1) is 11.3 Å². The van der Waals surface area contributed by atoms with Crippen LogP contribution in [0.1, 0.15) is 30.1 Å². The van der Waals surface area contributed by atoms with Gasteiger partial charge in [0.05, 0.1) is 30.0 Å². The van der Waals surface area contributed by atoms with Gasteiger partial charge in [-0.2, -0.15) is 5.26 Å². The van der Waals surface area contributed by atoms with E-state index in [0.717, 1.165) is 41.2 Å². The van der Waals surface area contributed by atoms with E-state index in [9.17, 15) is 4.79 Å². The predicted molar refractivity (Wildman–Crippen MR) is 131 cm³/mol. The molecule has 1 saturated heterocycles. The van der Waals surface area contributed by atoms with Crippen LogP contribution in [0.5, 0.6) is 5.75 Å². The summed E-state index contributed by atoms with van der Waals surface area (Å²) in [4.78, 5) is 19.9. The third-order valence-corrected chi connectivity index (χ3v) is 6.26. The molecule has 0 radical (unpaired) electrons. The van der Waals surface area contributed by atoms with Crippen molar-refractivity contribution in [2.45, 2.75) is 18.8 Å². The lowest BCUT2D eigenvalue weighted by Gasteiger charge is -2.32. The Kier molecular flexibility index (Phi) is 5.88. The number of urea groups is 1. The van der Waals surface area contributed by atoms with E-state index >= 15 is 0 Å². The fraction of sp³-hybridized carbons (Fsp3) is 0.222. The summed E-state index contributed by atoms with van der Waals surface area (Å²) in [7, 11) is 1.66. The van der Waals surface area contributed by atoms with Crippen LogP contribution in [-0.4, -0.2) is 40.5 Å². The minimum absolute atomic E-state index is 0.120. The molecule has 1 aliphatic rings. The first-order chi connectivity index (χ1) is 16.7. The molecule has 7 nitrogen and oxygen atoms in total. The number of carbonyl (C=O) groups excluding carboxylic acids is 1. The van der Waals surface area contributed by atoms with Crippen LogP contribution in [0.2, 0.25) is 0 Å². The molecule has 0 aliphatic carbocycles. The Bertz CT molecular complexity index is 1370. The first-order valence-corrected chi connectivity index (χ1v) is 11.3. The number of anilines is 1. The van der Waals surface area contributed by atoms with Gasteiger partial charge in [-0.15, -0.1) is 0 Å². The van der Waals surface area contributed by atoms with Gasteiger partial charge in [-0.3, -0.25) is 0 Å². The average molecular weight is 452 g/mol. The van der Waals surface area contributed by atoms with Crippen LogP contribution in [0.3, 0.4) is 0 Å². The molecular weight excluding hydrogens is 426 g/mol. The van der Waals surface area contributed by atoms with E-state index in [2.05, 4.69) is 21.9 Å². The molecule has 1 atom stereocenters. The zero-order valence-electron chi connectivity index (χ0n) is 18.9. The summed E-state index contributed by atoms with van der Waals surface area (Å²) in [5, 5.41) is 11.9. The van der Waals surface area contributed by atoms with E-state index in [4.69, 9.17) is 15.0 Å². The lowest BCUT2D eigenvalue weighted by atomic mass is 9.97. The highest BCUT2D eigenvalue weighted by molar-refractivity contribution is 5.89. The third kappa shape index (κ3) is 4.18. The SMILES string of the molecule is COc1cccc(-c2nc(C3CCCN(C(=O)Nc4ccc(C#N)cc4)C3)n3ccccc23)c1. The number of ether oxygens (including phenoxy) is 1. The average Bonchev–Trinajstić information content (AvgIpc) is 3.29. The molecule has 34 heavy (non-hydrogen) atoms.